The molecule has 0 bridgehead atoms. The Bertz CT molecular complexity index is 347. The smallest absolute Gasteiger partial charge is 0.0537 e. The molecule has 1 aliphatic rings. The Morgan fingerprint density at radius 1 is 1.59 bits per heavy atom. The first kappa shape index (κ1) is 12.6. The third-order valence-corrected chi connectivity index (χ3v) is 3.82. The van der Waals surface area contributed by atoms with Crippen LogP contribution in [0.3, 0.4) is 0 Å². The van der Waals surface area contributed by atoms with Gasteiger partial charge in [0.2, 0.25) is 0 Å². The molecule has 1 aromatic rings. The van der Waals surface area contributed by atoms with E-state index in [9.17, 15) is 0 Å². The summed E-state index contributed by atoms with van der Waals surface area (Å²) in [5.74, 6) is 0. The summed E-state index contributed by atoms with van der Waals surface area (Å²) in [5, 5.41) is 7.67. The van der Waals surface area contributed by atoms with Gasteiger partial charge in [0.25, 0.3) is 0 Å². The van der Waals surface area contributed by atoms with Gasteiger partial charge in [-0.25, -0.2) is 0 Å². The number of aryl methyl sites for hydroxylation is 1. The lowest BCUT2D eigenvalue weighted by Gasteiger charge is -2.30. The summed E-state index contributed by atoms with van der Waals surface area (Å²) in [5.41, 5.74) is 1.34. The first-order valence-corrected chi connectivity index (χ1v) is 6.69. The third-order valence-electron chi connectivity index (χ3n) is 3.82. The summed E-state index contributed by atoms with van der Waals surface area (Å²) < 4.78 is 2.01. The van der Waals surface area contributed by atoms with Crippen molar-refractivity contribution in [2.24, 2.45) is 0 Å². The van der Waals surface area contributed by atoms with Gasteiger partial charge in [-0.05, 0) is 40.3 Å². The fraction of sp³-hybridized carbons (Fsp3) is 0.769. The molecule has 1 aliphatic heterocycles. The van der Waals surface area contributed by atoms with Gasteiger partial charge in [0, 0.05) is 36.9 Å². The van der Waals surface area contributed by atoms with Crippen molar-refractivity contribution < 1.29 is 0 Å². The Hall–Kier alpha value is -0.870. The Morgan fingerprint density at radius 2 is 2.41 bits per heavy atom. The summed E-state index contributed by atoms with van der Waals surface area (Å²) in [7, 11) is 2.04. The van der Waals surface area contributed by atoms with Crippen LogP contribution in [0.2, 0.25) is 0 Å². The van der Waals surface area contributed by atoms with Crippen LogP contribution >= 0.6 is 0 Å². The fourth-order valence-electron chi connectivity index (χ4n) is 2.78. The van der Waals surface area contributed by atoms with Crippen molar-refractivity contribution in [1.82, 2.24) is 20.0 Å². The molecule has 0 spiro atoms. The van der Waals surface area contributed by atoms with Crippen molar-refractivity contribution in [3.05, 3.63) is 18.0 Å². The van der Waals surface area contributed by atoms with E-state index < -0.39 is 0 Å². The lowest BCUT2D eigenvalue weighted by atomic mass is 10.1. The molecule has 2 rings (SSSR count). The van der Waals surface area contributed by atoms with Crippen molar-refractivity contribution in [3.63, 3.8) is 0 Å². The first-order valence-electron chi connectivity index (χ1n) is 6.69. The quantitative estimate of drug-likeness (QED) is 0.844. The van der Waals surface area contributed by atoms with E-state index >= 15 is 0 Å². The van der Waals surface area contributed by atoms with Gasteiger partial charge in [0.1, 0.15) is 0 Å². The molecule has 17 heavy (non-hydrogen) atoms. The van der Waals surface area contributed by atoms with Gasteiger partial charge in [-0.1, -0.05) is 0 Å². The minimum absolute atomic E-state index is 0.483. The summed E-state index contributed by atoms with van der Waals surface area (Å²) in [4.78, 5) is 2.60. The van der Waals surface area contributed by atoms with E-state index in [0.717, 1.165) is 13.1 Å². The van der Waals surface area contributed by atoms with Crippen molar-refractivity contribution in [1.29, 1.82) is 0 Å². The topological polar surface area (TPSA) is 33.1 Å². The SMILES string of the molecule is CCn1cc(C(C)N2CCCC2CNC)cn1. The highest BCUT2D eigenvalue weighted by Crippen LogP contribution is 2.28. The second-order valence-electron chi connectivity index (χ2n) is 4.90. The van der Waals surface area contributed by atoms with Crippen LogP contribution < -0.4 is 5.32 Å². The zero-order valence-corrected chi connectivity index (χ0v) is 11.2. The van der Waals surface area contributed by atoms with E-state index in [0.29, 0.717) is 12.1 Å². The van der Waals surface area contributed by atoms with E-state index in [1.165, 1.54) is 24.9 Å². The lowest BCUT2D eigenvalue weighted by molar-refractivity contribution is 0.191. The van der Waals surface area contributed by atoms with E-state index in [1.807, 2.05) is 17.9 Å². The maximum absolute atomic E-state index is 4.37. The van der Waals surface area contributed by atoms with Gasteiger partial charge in [0.15, 0.2) is 0 Å². The molecule has 4 heteroatoms. The number of likely N-dealkylation sites (N-methyl/N-ethyl adjacent to an activating group) is 1. The molecular formula is C13H24N4. The third kappa shape index (κ3) is 2.69. The number of hydrogen-bond acceptors (Lipinski definition) is 3. The zero-order chi connectivity index (χ0) is 12.3. The predicted molar refractivity (Wildman–Crippen MR) is 70.0 cm³/mol. The van der Waals surface area contributed by atoms with E-state index in [2.05, 4.69) is 35.4 Å². The molecule has 0 amide bonds. The number of rotatable bonds is 5. The normalized spacial score (nSPS) is 23.1. The molecule has 1 fully saturated rings. The minimum atomic E-state index is 0.483. The highest BCUT2D eigenvalue weighted by atomic mass is 15.3. The molecule has 96 valence electrons. The number of hydrogen-bond donors (Lipinski definition) is 1. The van der Waals surface area contributed by atoms with E-state index in [4.69, 9.17) is 0 Å². The van der Waals surface area contributed by atoms with Crippen LogP contribution in [-0.4, -0.2) is 40.9 Å². The van der Waals surface area contributed by atoms with Gasteiger partial charge < -0.3 is 5.32 Å². The van der Waals surface area contributed by atoms with Crippen molar-refractivity contribution >= 4 is 0 Å². The highest BCUT2D eigenvalue weighted by molar-refractivity contribution is 5.10. The average molecular weight is 236 g/mol. The Morgan fingerprint density at radius 3 is 3.06 bits per heavy atom. The summed E-state index contributed by atoms with van der Waals surface area (Å²) in [6, 6.07) is 1.16. The highest BCUT2D eigenvalue weighted by Gasteiger charge is 2.29. The van der Waals surface area contributed by atoms with Crippen molar-refractivity contribution in [3.8, 4) is 0 Å². The number of likely N-dealkylation sites (tertiary alicyclic amines) is 1. The fourth-order valence-corrected chi connectivity index (χ4v) is 2.78. The average Bonchev–Trinajstić information content (AvgIpc) is 2.97. The molecule has 0 radical (unpaired) electrons. The van der Waals surface area contributed by atoms with Gasteiger partial charge in [-0.2, -0.15) is 5.10 Å². The molecule has 1 saturated heterocycles. The van der Waals surface area contributed by atoms with Crippen molar-refractivity contribution in [2.45, 2.75) is 45.3 Å². The van der Waals surface area contributed by atoms with Gasteiger partial charge >= 0.3 is 0 Å². The maximum atomic E-state index is 4.37. The van der Waals surface area contributed by atoms with Crippen LogP contribution in [-0.2, 0) is 6.54 Å². The summed E-state index contributed by atoms with van der Waals surface area (Å²) in [6.07, 6.45) is 6.83. The van der Waals surface area contributed by atoms with Crippen molar-refractivity contribution in [2.75, 3.05) is 20.1 Å². The second-order valence-corrected chi connectivity index (χ2v) is 4.90. The molecule has 2 unspecified atom stereocenters. The summed E-state index contributed by atoms with van der Waals surface area (Å²) >= 11 is 0. The Labute approximate surface area is 104 Å². The minimum Gasteiger partial charge on any atom is -0.318 e. The predicted octanol–water partition coefficient (Wildman–Crippen LogP) is 1.65. The maximum Gasteiger partial charge on any atom is 0.0537 e. The molecule has 0 aliphatic carbocycles. The monoisotopic (exact) mass is 236 g/mol. The van der Waals surface area contributed by atoms with Crippen LogP contribution in [0.15, 0.2) is 12.4 Å². The number of nitrogens with zero attached hydrogens (tertiary/aromatic N) is 3. The standard InChI is InChI=1S/C13H24N4/c1-4-16-10-12(8-15-16)11(2)17-7-5-6-13(17)9-14-3/h8,10-11,13-14H,4-7,9H2,1-3H3. The first-order chi connectivity index (χ1) is 8.26. The van der Waals surface area contributed by atoms with Crippen LogP contribution in [0.5, 0.6) is 0 Å². The molecule has 1 aromatic heterocycles. The van der Waals surface area contributed by atoms with Crippen LogP contribution in [0.25, 0.3) is 0 Å². The zero-order valence-electron chi connectivity index (χ0n) is 11.2. The Balaban J connectivity index is 2.05. The molecule has 2 heterocycles. The second kappa shape index (κ2) is 5.65. The molecule has 4 nitrogen and oxygen atoms in total. The van der Waals surface area contributed by atoms with Crippen LogP contribution in [0.4, 0.5) is 0 Å². The van der Waals surface area contributed by atoms with Gasteiger partial charge in [-0.3, -0.25) is 9.58 Å². The van der Waals surface area contributed by atoms with E-state index in [1.54, 1.807) is 0 Å². The van der Waals surface area contributed by atoms with Gasteiger partial charge in [-0.15, -0.1) is 0 Å². The lowest BCUT2D eigenvalue weighted by Crippen LogP contribution is -2.38. The van der Waals surface area contributed by atoms with Gasteiger partial charge in [0.05, 0.1) is 6.20 Å². The van der Waals surface area contributed by atoms with Crippen LogP contribution in [0.1, 0.15) is 38.3 Å². The van der Waals surface area contributed by atoms with Crippen LogP contribution in [0, 0.1) is 0 Å². The number of nitrogens with one attached hydrogen (secondary N) is 1. The largest absolute Gasteiger partial charge is 0.318 e. The van der Waals surface area contributed by atoms with E-state index in [-0.39, 0.29) is 0 Å². The number of aromatic nitrogens is 2. The molecule has 1 N–H and O–H groups in total. The summed E-state index contributed by atoms with van der Waals surface area (Å²) in [6.45, 7) is 7.68. The Kier molecular flexibility index (Phi) is 4.18. The molecule has 0 saturated carbocycles. The molecule has 2 atom stereocenters. The molecule has 0 aromatic carbocycles. The molecular weight excluding hydrogens is 212 g/mol.